The average Bonchev–Trinajstić information content (AvgIpc) is 2.68. The van der Waals surface area contributed by atoms with Gasteiger partial charge in [-0.2, -0.15) is 0 Å². The van der Waals surface area contributed by atoms with Gasteiger partial charge in [-0.1, -0.05) is 17.8 Å². The number of methoxy groups -OCH3 is 1. The molecule has 3 heterocycles. The first kappa shape index (κ1) is 18.1. The first-order valence-corrected chi connectivity index (χ1v) is 9.89. The molecule has 1 aromatic carbocycles. The molecule has 8 heteroatoms. The van der Waals surface area contributed by atoms with Crippen LogP contribution in [0.15, 0.2) is 34.3 Å². The van der Waals surface area contributed by atoms with Gasteiger partial charge in [0.15, 0.2) is 5.82 Å². The van der Waals surface area contributed by atoms with Crippen LogP contribution in [0.5, 0.6) is 5.88 Å². The lowest BCUT2D eigenvalue weighted by Crippen LogP contribution is -2.45. The number of nitrogens with zero attached hydrogens (tertiary/aromatic N) is 4. The van der Waals surface area contributed by atoms with E-state index in [1.807, 2.05) is 6.07 Å². The van der Waals surface area contributed by atoms with Gasteiger partial charge >= 0.3 is 0 Å². The van der Waals surface area contributed by atoms with Crippen LogP contribution in [0.3, 0.4) is 0 Å². The Labute approximate surface area is 163 Å². The Kier molecular flexibility index (Phi) is 5.18. The minimum atomic E-state index is 0.0719. The molecule has 2 aliphatic rings. The third-order valence-electron chi connectivity index (χ3n) is 4.90. The van der Waals surface area contributed by atoms with Crippen molar-refractivity contribution in [3.8, 4) is 5.88 Å². The summed E-state index contributed by atoms with van der Waals surface area (Å²) in [6.07, 6.45) is 3.13. The number of carbonyl (C=O) groups is 1. The van der Waals surface area contributed by atoms with E-state index in [0.717, 1.165) is 54.0 Å². The number of ether oxygens (including phenoxy) is 1. The number of hydrogen-bond acceptors (Lipinski definition) is 7. The molecule has 4 rings (SSSR count). The van der Waals surface area contributed by atoms with Crippen molar-refractivity contribution in [3.63, 3.8) is 0 Å². The molecule has 1 fully saturated rings. The molecule has 0 bridgehead atoms. The first-order valence-electron chi connectivity index (χ1n) is 9.07. The second kappa shape index (κ2) is 7.74. The Bertz CT molecular complexity index is 852. The molecule has 0 spiro atoms. The predicted octanol–water partition coefficient (Wildman–Crippen LogP) is 2.27. The van der Waals surface area contributed by atoms with E-state index < -0.39 is 0 Å². The topological polar surface area (TPSA) is 70.6 Å². The van der Waals surface area contributed by atoms with Crippen LogP contribution in [0, 0.1) is 0 Å². The van der Waals surface area contributed by atoms with Crippen LogP contribution >= 0.6 is 11.8 Å². The van der Waals surface area contributed by atoms with Gasteiger partial charge in [0.05, 0.1) is 13.3 Å². The summed E-state index contributed by atoms with van der Waals surface area (Å²) in [4.78, 5) is 26.4. The minimum absolute atomic E-state index is 0.0719. The smallest absolute Gasteiger partial charge is 0.258 e. The molecule has 27 heavy (non-hydrogen) atoms. The summed E-state index contributed by atoms with van der Waals surface area (Å²) in [7, 11) is 3.76. The van der Waals surface area contributed by atoms with Crippen molar-refractivity contribution in [3.05, 3.63) is 30.0 Å². The van der Waals surface area contributed by atoms with Gasteiger partial charge in [-0.05, 0) is 31.2 Å². The molecule has 1 aromatic heterocycles. The third kappa shape index (κ3) is 4.01. The van der Waals surface area contributed by atoms with Crippen molar-refractivity contribution in [1.29, 1.82) is 0 Å². The first-order chi connectivity index (χ1) is 13.1. The Morgan fingerprint density at radius 1 is 1.19 bits per heavy atom. The normalized spacial score (nSPS) is 17.4. The van der Waals surface area contributed by atoms with Crippen LogP contribution in [-0.4, -0.2) is 61.1 Å². The predicted molar refractivity (Wildman–Crippen MR) is 106 cm³/mol. The fourth-order valence-electron chi connectivity index (χ4n) is 3.31. The van der Waals surface area contributed by atoms with Gasteiger partial charge in [0.25, 0.3) is 5.88 Å². The molecule has 2 aliphatic heterocycles. The summed E-state index contributed by atoms with van der Waals surface area (Å²) in [5, 5.41) is 3.71. The van der Waals surface area contributed by atoms with E-state index in [2.05, 4.69) is 44.3 Å². The van der Waals surface area contributed by atoms with E-state index >= 15 is 0 Å². The highest BCUT2D eigenvalue weighted by molar-refractivity contribution is 7.99. The zero-order chi connectivity index (χ0) is 18.8. The highest BCUT2D eigenvalue weighted by Crippen LogP contribution is 2.34. The van der Waals surface area contributed by atoms with Gasteiger partial charge < -0.3 is 19.9 Å². The van der Waals surface area contributed by atoms with Crippen LogP contribution in [0.25, 0.3) is 0 Å². The highest BCUT2D eigenvalue weighted by atomic mass is 32.2. The number of nitrogens with one attached hydrogen (secondary N) is 1. The maximum Gasteiger partial charge on any atom is 0.258 e. The monoisotopic (exact) mass is 385 g/mol. The second-order valence-corrected chi connectivity index (χ2v) is 7.89. The molecule has 7 nitrogen and oxygen atoms in total. The molecule has 1 saturated heterocycles. The summed E-state index contributed by atoms with van der Waals surface area (Å²) in [5.74, 6) is 1.42. The second-order valence-electron chi connectivity index (χ2n) is 6.80. The summed E-state index contributed by atoms with van der Waals surface area (Å²) in [6.45, 7) is 3.83. The summed E-state index contributed by atoms with van der Waals surface area (Å²) < 4.78 is 5.51. The molecular formula is C19H23N5O2S. The van der Waals surface area contributed by atoms with Crippen LogP contribution in [-0.2, 0) is 11.2 Å². The Morgan fingerprint density at radius 3 is 2.78 bits per heavy atom. The lowest BCUT2D eigenvalue weighted by molar-refractivity contribution is -0.116. The van der Waals surface area contributed by atoms with Crippen molar-refractivity contribution in [2.24, 2.45) is 0 Å². The summed E-state index contributed by atoms with van der Waals surface area (Å²) >= 11 is 1.52. The van der Waals surface area contributed by atoms with Crippen LogP contribution < -0.4 is 15.0 Å². The number of likely N-dealkylation sites (N-methyl/N-ethyl adjacent to an activating group) is 1. The van der Waals surface area contributed by atoms with Gasteiger partial charge in [0.1, 0.15) is 5.03 Å². The Balaban J connectivity index is 1.53. The maximum absolute atomic E-state index is 11.6. The SMILES string of the molecule is COc1nc(Sc2ccc3c(c2)NC(=O)CC3)cnc1N1CCN(C)CC1. The lowest BCUT2D eigenvalue weighted by Gasteiger charge is -2.33. The number of piperazine rings is 1. The largest absolute Gasteiger partial charge is 0.478 e. The third-order valence-corrected chi connectivity index (χ3v) is 5.79. The molecule has 142 valence electrons. The van der Waals surface area contributed by atoms with E-state index in [1.54, 1.807) is 13.3 Å². The van der Waals surface area contributed by atoms with Crippen molar-refractivity contribution in [1.82, 2.24) is 14.9 Å². The van der Waals surface area contributed by atoms with Gasteiger partial charge in [-0.15, -0.1) is 0 Å². The molecular weight excluding hydrogens is 362 g/mol. The van der Waals surface area contributed by atoms with Crippen LogP contribution in [0.2, 0.25) is 0 Å². The van der Waals surface area contributed by atoms with E-state index in [-0.39, 0.29) is 5.91 Å². The van der Waals surface area contributed by atoms with Gasteiger partial charge in [0, 0.05) is 43.2 Å². The molecule has 0 radical (unpaired) electrons. The van der Waals surface area contributed by atoms with E-state index in [4.69, 9.17) is 4.74 Å². The summed E-state index contributed by atoms with van der Waals surface area (Å²) in [6, 6.07) is 6.13. The Morgan fingerprint density at radius 2 is 2.00 bits per heavy atom. The van der Waals surface area contributed by atoms with Crippen molar-refractivity contribution >= 4 is 29.2 Å². The fourth-order valence-corrected chi connectivity index (χ4v) is 4.10. The number of aromatic nitrogens is 2. The molecule has 0 aliphatic carbocycles. The number of rotatable bonds is 4. The zero-order valence-corrected chi connectivity index (χ0v) is 16.4. The molecule has 0 atom stereocenters. The van der Waals surface area contributed by atoms with Crippen LogP contribution in [0.1, 0.15) is 12.0 Å². The fraction of sp³-hybridized carbons (Fsp3) is 0.421. The Hall–Kier alpha value is -2.32. The molecule has 1 N–H and O–H groups in total. The molecule has 2 aromatic rings. The number of aryl methyl sites for hydroxylation is 1. The van der Waals surface area contributed by atoms with Crippen LogP contribution in [0.4, 0.5) is 11.5 Å². The average molecular weight is 385 g/mol. The standard InChI is InChI=1S/C19H23N5O2S/c1-23-7-9-24(10-8-23)18-19(26-2)22-17(12-20-18)27-14-5-3-13-4-6-16(25)21-15(13)11-14/h3,5,11-12H,4,6-10H2,1-2H3,(H,21,25). The van der Waals surface area contributed by atoms with Crippen molar-refractivity contribution in [2.75, 3.05) is 50.6 Å². The quantitative estimate of drug-likeness (QED) is 0.866. The number of anilines is 2. The zero-order valence-electron chi connectivity index (χ0n) is 15.6. The number of benzene rings is 1. The molecule has 0 unspecified atom stereocenters. The van der Waals surface area contributed by atoms with Gasteiger partial charge in [0.2, 0.25) is 5.91 Å². The number of carbonyl (C=O) groups excluding carboxylic acids is 1. The maximum atomic E-state index is 11.6. The number of fused-ring (bicyclic) bond motifs is 1. The van der Waals surface area contributed by atoms with Crippen molar-refractivity contribution < 1.29 is 9.53 Å². The summed E-state index contributed by atoms with van der Waals surface area (Å²) in [5.41, 5.74) is 2.07. The van der Waals surface area contributed by atoms with Gasteiger partial charge in [-0.25, -0.2) is 9.97 Å². The van der Waals surface area contributed by atoms with E-state index in [1.165, 1.54) is 17.3 Å². The van der Waals surface area contributed by atoms with Crippen molar-refractivity contribution in [2.45, 2.75) is 22.8 Å². The number of amides is 1. The minimum Gasteiger partial charge on any atom is -0.478 e. The lowest BCUT2D eigenvalue weighted by atomic mass is 10.0. The highest BCUT2D eigenvalue weighted by Gasteiger charge is 2.21. The molecule has 1 amide bonds. The van der Waals surface area contributed by atoms with E-state index in [9.17, 15) is 4.79 Å². The van der Waals surface area contributed by atoms with Gasteiger partial charge in [-0.3, -0.25) is 4.79 Å². The molecule has 0 saturated carbocycles. The number of hydrogen-bond donors (Lipinski definition) is 1. The van der Waals surface area contributed by atoms with E-state index in [0.29, 0.717) is 12.3 Å².